The topological polar surface area (TPSA) is 79.0 Å². The third-order valence-electron chi connectivity index (χ3n) is 6.44. The number of piperidine rings is 1. The molecule has 0 spiro atoms. The van der Waals surface area contributed by atoms with Gasteiger partial charge in [0.15, 0.2) is 0 Å². The van der Waals surface area contributed by atoms with Crippen molar-refractivity contribution in [3.8, 4) is 0 Å². The molecule has 0 aromatic heterocycles. The summed E-state index contributed by atoms with van der Waals surface area (Å²) in [5.41, 5.74) is 0. The number of carbonyl (C=O) groups excluding carboxylic acids is 3. The molecular formula is C18H28ClN3O4. The van der Waals surface area contributed by atoms with Crippen LogP contribution in [-0.4, -0.2) is 73.0 Å². The third kappa shape index (κ3) is 3.25. The van der Waals surface area contributed by atoms with E-state index in [4.69, 9.17) is 4.74 Å². The average Bonchev–Trinajstić information content (AvgIpc) is 3.30. The fraction of sp³-hybridized carbons (Fsp3) is 0.833. The predicted octanol–water partition coefficient (Wildman–Crippen LogP) is 0.419. The summed E-state index contributed by atoms with van der Waals surface area (Å²) in [5.74, 6) is -0.516. The van der Waals surface area contributed by atoms with Gasteiger partial charge in [-0.25, -0.2) is 0 Å². The van der Waals surface area contributed by atoms with Crippen LogP contribution in [0, 0.1) is 17.8 Å². The molecule has 4 unspecified atom stereocenters. The molecule has 8 heteroatoms. The fourth-order valence-corrected chi connectivity index (χ4v) is 4.98. The number of halogens is 1. The van der Waals surface area contributed by atoms with Crippen LogP contribution in [0.5, 0.6) is 0 Å². The Morgan fingerprint density at radius 1 is 1.08 bits per heavy atom. The highest BCUT2D eigenvalue weighted by molar-refractivity contribution is 6.08. The van der Waals surface area contributed by atoms with E-state index in [1.54, 1.807) is 0 Å². The van der Waals surface area contributed by atoms with E-state index in [2.05, 4.69) is 5.32 Å². The van der Waals surface area contributed by atoms with Crippen molar-refractivity contribution in [2.45, 2.75) is 44.3 Å². The molecule has 4 saturated heterocycles. The monoisotopic (exact) mass is 385 g/mol. The van der Waals surface area contributed by atoms with Crippen molar-refractivity contribution in [2.75, 3.05) is 33.2 Å². The van der Waals surface area contributed by atoms with Gasteiger partial charge in [-0.15, -0.1) is 12.4 Å². The molecule has 4 fully saturated rings. The van der Waals surface area contributed by atoms with Gasteiger partial charge in [0.05, 0.1) is 24.0 Å². The van der Waals surface area contributed by atoms with Gasteiger partial charge in [-0.1, -0.05) is 0 Å². The van der Waals surface area contributed by atoms with Gasteiger partial charge in [-0.05, 0) is 51.6 Å². The second-order valence-electron chi connectivity index (χ2n) is 7.82. The maximum absolute atomic E-state index is 12.6. The molecular weight excluding hydrogens is 358 g/mol. The lowest BCUT2D eigenvalue weighted by Crippen LogP contribution is -2.46. The van der Waals surface area contributed by atoms with Gasteiger partial charge < -0.3 is 15.0 Å². The minimum Gasteiger partial charge on any atom is -0.373 e. The van der Waals surface area contributed by atoms with E-state index in [-0.39, 0.29) is 60.7 Å². The molecule has 0 aliphatic carbocycles. The second kappa shape index (κ2) is 7.82. The molecule has 0 aromatic carbocycles. The molecule has 4 heterocycles. The zero-order valence-corrected chi connectivity index (χ0v) is 16.0. The number of nitrogens with zero attached hydrogens (tertiary/aromatic N) is 2. The number of imide groups is 1. The number of fused-ring (bicyclic) bond motifs is 5. The van der Waals surface area contributed by atoms with Crippen molar-refractivity contribution in [3.63, 3.8) is 0 Å². The predicted molar refractivity (Wildman–Crippen MR) is 96.7 cm³/mol. The molecule has 4 rings (SSSR count). The number of likely N-dealkylation sites (tertiary alicyclic amines) is 2. The SMILES string of the molecule is CNCCC1CCN(C(=O)CN2C(=O)C3C4CCC(O4)C3C2=O)CC1.Cl. The van der Waals surface area contributed by atoms with Gasteiger partial charge in [0.25, 0.3) is 0 Å². The zero-order valence-electron chi connectivity index (χ0n) is 15.2. The summed E-state index contributed by atoms with van der Waals surface area (Å²) in [6, 6.07) is 0. The van der Waals surface area contributed by atoms with Crippen molar-refractivity contribution in [3.05, 3.63) is 0 Å². The minimum atomic E-state index is -0.341. The standard InChI is InChI=1S/C18H27N3O4.ClH/c1-19-7-4-11-5-8-20(9-6-11)14(22)10-21-17(23)15-12-2-3-13(25-12)16(15)18(21)24;/h11-13,15-16,19H,2-10H2,1H3;1H. The lowest BCUT2D eigenvalue weighted by molar-refractivity contribution is -0.149. The van der Waals surface area contributed by atoms with Crippen LogP contribution in [0.2, 0.25) is 0 Å². The third-order valence-corrected chi connectivity index (χ3v) is 6.44. The van der Waals surface area contributed by atoms with E-state index < -0.39 is 0 Å². The van der Waals surface area contributed by atoms with Crippen LogP contribution in [0.3, 0.4) is 0 Å². The highest BCUT2D eigenvalue weighted by atomic mass is 35.5. The lowest BCUT2D eigenvalue weighted by Gasteiger charge is -2.33. The normalized spacial score (nSPS) is 33.6. The van der Waals surface area contributed by atoms with Crippen LogP contribution < -0.4 is 5.32 Å². The molecule has 4 aliphatic heterocycles. The Kier molecular flexibility index (Phi) is 5.89. The van der Waals surface area contributed by atoms with Crippen LogP contribution in [0.1, 0.15) is 32.1 Å². The molecule has 26 heavy (non-hydrogen) atoms. The number of nitrogens with one attached hydrogen (secondary N) is 1. The number of carbonyl (C=O) groups is 3. The molecule has 0 saturated carbocycles. The Balaban J connectivity index is 0.00000196. The molecule has 1 N–H and O–H groups in total. The van der Waals surface area contributed by atoms with E-state index in [1.165, 1.54) is 4.90 Å². The molecule has 4 atom stereocenters. The van der Waals surface area contributed by atoms with Gasteiger partial charge in [0.2, 0.25) is 17.7 Å². The van der Waals surface area contributed by atoms with Crippen molar-refractivity contribution in [1.82, 2.24) is 15.1 Å². The summed E-state index contributed by atoms with van der Waals surface area (Å²) in [6.07, 6.45) is 4.61. The first-order valence-corrected chi connectivity index (χ1v) is 9.53. The first kappa shape index (κ1) is 19.6. The van der Waals surface area contributed by atoms with Crippen molar-refractivity contribution >= 4 is 30.1 Å². The summed E-state index contributed by atoms with van der Waals surface area (Å²) in [4.78, 5) is 40.9. The number of hydrogen-bond donors (Lipinski definition) is 1. The number of ether oxygens (including phenoxy) is 1. The molecule has 146 valence electrons. The van der Waals surface area contributed by atoms with Crippen LogP contribution in [-0.2, 0) is 19.1 Å². The van der Waals surface area contributed by atoms with Crippen molar-refractivity contribution in [2.24, 2.45) is 17.8 Å². The fourth-order valence-electron chi connectivity index (χ4n) is 4.98. The van der Waals surface area contributed by atoms with Crippen LogP contribution in [0.25, 0.3) is 0 Å². The van der Waals surface area contributed by atoms with E-state index in [1.807, 2.05) is 11.9 Å². The van der Waals surface area contributed by atoms with Gasteiger partial charge in [0.1, 0.15) is 6.54 Å². The molecule has 4 aliphatic rings. The minimum absolute atomic E-state index is 0. The number of hydrogen-bond acceptors (Lipinski definition) is 5. The second-order valence-corrected chi connectivity index (χ2v) is 7.82. The largest absolute Gasteiger partial charge is 0.373 e. The summed E-state index contributed by atoms with van der Waals surface area (Å²) < 4.78 is 5.72. The smallest absolute Gasteiger partial charge is 0.242 e. The Labute approximate surface area is 160 Å². The highest BCUT2D eigenvalue weighted by Gasteiger charge is 2.62. The Morgan fingerprint density at radius 3 is 2.19 bits per heavy atom. The molecule has 0 aromatic rings. The van der Waals surface area contributed by atoms with Crippen LogP contribution >= 0.6 is 12.4 Å². The van der Waals surface area contributed by atoms with Gasteiger partial charge in [-0.2, -0.15) is 0 Å². The van der Waals surface area contributed by atoms with Crippen molar-refractivity contribution in [1.29, 1.82) is 0 Å². The molecule has 2 bridgehead atoms. The van der Waals surface area contributed by atoms with E-state index in [9.17, 15) is 14.4 Å². The van der Waals surface area contributed by atoms with E-state index in [0.29, 0.717) is 5.92 Å². The summed E-state index contributed by atoms with van der Waals surface area (Å²) in [6.45, 7) is 2.36. The molecule has 3 amide bonds. The van der Waals surface area contributed by atoms with E-state index in [0.717, 1.165) is 51.7 Å². The molecule has 0 radical (unpaired) electrons. The Bertz CT molecular complexity index is 551. The Hall–Kier alpha value is -1.18. The average molecular weight is 386 g/mol. The maximum atomic E-state index is 12.6. The van der Waals surface area contributed by atoms with Gasteiger partial charge >= 0.3 is 0 Å². The first-order chi connectivity index (χ1) is 12.1. The maximum Gasteiger partial charge on any atom is 0.242 e. The quantitative estimate of drug-likeness (QED) is 0.694. The highest BCUT2D eigenvalue weighted by Crippen LogP contribution is 2.48. The number of rotatable bonds is 5. The zero-order chi connectivity index (χ0) is 17.6. The lowest BCUT2D eigenvalue weighted by atomic mass is 9.81. The van der Waals surface area contributed by atoms with Gasteiger partial charge in [-0.3, -0.25) is 19.3 Å². The molecule has 7 nitrogen and oxygen atoms in total. The summed E-state index contributed by atoms with van der Waals surface area (Å²) in [5, 5.41) is 3.17. The summed E-state index contributed by atoms with van der Waals surface area (Å²) >= 11 is 0. The first-order valence-electron chi connectivity index (χ1n) is 9.53. The van der Waals surface area contributed by atoms with Crippen LogP contribution in [0.15, 0.2) is 0 Å². The van der Waals surface area contributed by atoms with E-state index >= 15 is 0 Å². The summed E-state index contributed by atoms with van der Waals surface area (Å²) in [7, 11) is 1.95. The number of amides is 3. The van der Waals surface area contributed by atoms with Crippen LogP contribution in [0.4, 0.5) is 0 Å². The van der Waals surface area contributed by atoms with Crippen molar-refractivity contribution < 1.29 is 19.1 Å². The van der Waals surface area contributed by atoms with Gasteiger partial charge in [0, 0.05) is 13.1 Å². The Morgan fingerprint density at radius 2 is 1.65 bits per heavy atom.